The third kappa shape index (κ3) is 4.75. The molecule has 5 rings (SSSR count). The number of benzene rings is 1. The molecule has 0 radical (unpaired) electrons. The maximum absolute atomic E-state index is 11.9. The Morgan fingerprint density at radius 1 is 1.16 bits per heavy atom. The van der Waals surface area contributed by atoms with E-state index in [1.54, 1.807) is 11.3 Å². The Kier molecular flexibility index (Phi) is 6.03. The first kappa shape index (κ1) is 20.9. The lowest BCUT2D eigenvalue weighted by molar-refractivity contribution is -0.119. The highest BCUT2D eigenvalue weighted by atomic mass is 32.1. The average Bonchev–Trinajstić information content (AvgIpc) is 3.44. The minimum atomic E-state index is 0.0566. The Morgan fingerprint density at radius 3 is 2.91 bits per heavy atom. The number of anilines is 3. The fraction of sp³-hybridized carbons (Fsp3) is 0.417. The van der Waals surface area contributed by atoms with E-state index < -0.39 is 0 Å². The number of amides is 1. The van der Waals surface area contributed by atoms with E-state index in [-0.39, 0.29) is 5.91 Å². The number of aromatic nitrogens is 3. The number of rotatable bonds is 5. The summed E-state index contributed by atoms with van der Waals surface area (Å²) in [5.74, 6) is 1.26. The van der Waals surface area contributed by atoms with E-state index in [1.807, 2.05) is 18.5 Å². The summed E-state index contributed by atoms with van der Waals surface area (Å²) in [7, 11) is 0. The van der Waals surface area contributed by atoms with E-state index in [0.29, 0.717) is 18.4 Å². The molecule has 1 saturated heterocycles. The Bertz CT molecular complexity index is 1110. The number of aryl methyl sites for hydroxylation is 1. The quantitative estimate of drug-likeness (QED) is 0.592. The lowest BCUT2D eigenvalue weighted by Gasteiger charge is -2.17. The average molecular weight is 449 g/mol. The van der Waals surface area contributed by atoms with Gasteiger partial charge in [-0.25, -0.2) is 15.0 Å². The zero-order chi connectivity index (χ0) is 21.9. The van der Waals surface area contributed by atoms with Gasteiger partial charge >= 0.3 is 0 Å². The van der Waals surface area contributed by atoms with Crippen LogP contribution in [0, 0.1) is 6.92 Å². The normalized spacial score (nSPS) is 17.3. The van der Waals surface area contributed by atoms with Gasteiger partial charge in [0.15, 0.2) is 5.13 Å². The summed E-state index contributed by atoms with van der Waals surface area (Å²) in [6.45, 7) is 4.01. The first-order chi connectivity index (χ1) is 15.6. The molecule has 2 fully saturated rings. The van der Waals surface area contributed by atoms with Crippen LogP contribution in [0.1, 0.15) is 49.3 Å². The second kappa shape index (κ2) is 9.24. The third-order valence-corrected chi connectivity index (χ3v) is 7.20. The van der Waals surface area contributed by atoms with Crippen molar-refractivity contribution in [3.05, 3.63) is 47.9 Å². The third-order valence-electron chi connectivity index (χ3n) is 6.09. The molecular weight excluding hydrogens is 420 g/mol. The van der Waals surface area contributed by atoms with Gasteiger partial charge < -0.3 is 15.5 Å². The van der Waals surface area contributed by atoms with Gasteiger partial charge in [0.25, 0.3) is 0 Å². The summed E-state index contributed by atoms with van der Waals surface area (Å²) in [5.41, 5.74) is 4.36. The molecule has 0 bridgehead atoms. The van der Waals surface area contributed by atoms with Gasteiger partial charge in [0.2, 0.25) is 11.9 Å². The van der Waals surface area contributed by atoms with Crippen molar-refractivity contribution in [2.24, 2.45) is 0 Å². The zero-order valence-corrected chi connectivity index (χ0v) is 19.1. The standard InChI is InChI=1S/C24H28N6OS/c1-16-11-18(21-14-27-24(32-21)30-10-4-8-25-22(31)15-30)13-19(12-16)28-23-26-9-7-20(29-23)17-5-2-3-6-17/h7,9,11-14,17H,2-6,8,10,15H2,1H3,(H,25,31)(H,26,28,29). The molecule has 1 saturated carbocycles. The fourth-order valence-corrected chi connectivity index (χ4v) is 5.45. The van der Waals surface area contributed by atoms with E-state index in [1.165, 1.54) is 25.7 Å². The molecule has 3 aromatic rings. The van der Waals surface area contributed by atoms with Crippen molar-refractivity contribution in [1.82, 2.24) is 20.3 Å². The molecule has 7 nitrogen and oxygen atoms in total. The number of nitrogens with zero attached hydrogens (tertiary/aromatic N) is 4. The molecule has 1 aliphatic carbocycles. The predicted molar refractivity (Wildman–Crippen MR) is 129 cm³/mol. The lowest BCUT2D eigenvalue weighted by Crippen LogP contribution is -2.32. The Morgan fingerprint density at radius 2 is 2.03 bits per heavy atom. The zero-order valence-electron chi connectivity index (χ0n) is 18.3. The van der Waals surface area contributed by atoms with Crippen LogP contribution in [-0.4, -0.2) is 40.5 Å². The summed E-state index contributed by atoms with van der Waals surface area (Å²) in [5, 5.41) is 7.21. The number of nitrogens with one attached hydrogen (secondary N) is 2. The Balaban J connectivity index is 1.36. The summed E-state index contributed by atoms with van der Waals surface area (Å²) >= 11 is 1.62. The second-order valence-electron chi connectivity index (χ2n) is 8.63. The van der Waals surface area contributed by atoms with E-state index in [4.69, 9.17) is 4.98 Å². The molecule has 3 heterocycles. The van der Waals surface area contributed by atoms with Crippen LogP contribution in [0.25, 0.3) is 10.4 Å². The highest BCUT2D eigenvalue weighted by Crippen LogP contribution is 2.35. The van der Waals surface area contributed by atoms with E-state index >= 15 is 0 Å². The molecule has 0 spiro atoms. The minimum absolute atomic E-state index is 0.0566. The van der Waals surface area contributed by atoms with Gasteiger partial charge in [-0.2, -0.15) is 0 Å². The maximum Gasteiger partial charge on any atom is 0.239 e. The van der Waals surface area contributed by atoms with Gasteiger partial charge in [0.1, 0.15) is 0 Å². The largest absolute Gasteiger partial charge is 0.354 e. The van der Waals surface area contributed by atoms with Gasteiger partial charge in [0.05, 0.1) is 11.4 Å². The molecule has 1 aromatic carbocycles. The molecule has 0 unspecified atom stereocenters. The van der Waals surface area contributed by atoms with E-state index in [0.717, 1.165) is 52.0 Å². The van der Waals surface area contributed by atoms with Crippen LogP contribution in [0.3, 0.4) is 0 Å². The molecule has 2 aliphatic rings. The minimum Gasteiger partial charge on any atom is -0.354 e. The van der Waals surface area contributed by atoms with Crippen LogP contribution in [0.4, 0.5) is 16.8 Å². The molecular formula is C24H28N6OS. The number of carbonyl (C=O) groups is 1. The molecule has 32 heavy (non-hydrogen) atoms. The summed E-state index contributed by atoms with van der Waals surface area (Å²) in [4.78, 5) is 28.9. The van der Waals surface area contributed by atoms with Crippen molar-refractivity contribution in [1.29, 1.82) is 0 Å². The highest BCUT2D eigenvalue weighted by molar-refractivity contribution is 7.18. The van der Waals surface area contributed by atoms with E-state index in [9.17, 15) is 4.79 Å². The van der Waals surface area contributed by atoms with Crippen LogP contribution < -0.4 is 15.5 Å². The molecule has 166 valence electrons. The molecule has 2 N–H and O–H groups in total. The smallest absolute Gasteiger partial charge is 0.239 e. The maximum atomic E-state index is 11.9. The van der Waals surface area contributed by atoms with Crippen LogP contribution in [0.5, 0.6) is 0 Å². The van der Waals surface area contributed by atoms with Crippen LogP contribution in [0.2, 0.25) is 0 Å². The second-order valence-corrected chi connectivity index (χ2v) is 9.64. The van der Waals surface area contributed by atoms with Crippen LogP contribution in [-0.2, 0) is 4.79 Å². The van der Waals surface area contributed by atoms with Crippen molar-refractivity contribution in [3.63, 3.8) is 0 Å². The van der Waals surface area contributed by atoms with Crippen molar-refractivity contribution in [2.45, 2.75) is 44.9 Å². The predicted octanol–water partition coefficient (Wildman–Crippen LogP) is 4.64. The lowest BCUT2D eigenvalue weighted by atomic mass is 10.0. The van der Waals surface area contributed by atoms with Crippen LogP contribution >= 0.6 is 11.3 Å². The summed E-state index contributed by atoms with van der Waals surface area (Å²) in [6, 6.07) is 8.43. The van der Waals surface area contributed by atoms with Gasteiger partial charge in [-0.3, -0.25) is 4.79 Å². The molecule has 1 aliphatic heterocycles. The molecule has 0 atom stereocenters. The van der Waals surface area contributed by atoms with Crippen molar-refractivity contribution >= 4 is 34.0 Å². The number of carbonyl (C=O) groups excluding carboxylic acids is 1. The number of hydrogen-bond donors (Lipinski definition) is 2. The van der Waals surface area contributed by atoms with E-state index in [2.05, 4.69) is 50.6 Å². The molecule has 2 aromatic heterocycles. The van der Waals surface area contributed by atoms with Gasteiger partial charge in [-0.1, -0.05) is 30.2 Å². The highest BCUT2D eigenvalue weighted by Gasteiger charge is 2.20. The van der Waals surface area contributed by atoms with Gasteiger partial charge in [-0.15, -0.1) is 0 Å². The van der Waals surface area contributed by atoms with Crippen molar-refractivity contribution in [3.8, 4) is 10.4 Å². The number of thiazole rings is 1. The van der Waals surface area contributed by atoms with Crippen LogP contribution in [0.15, 0.2) is 36.7 Å². The fourth-order valence-electron chi connectivity index (χ4n) is 4.52. The molecule has 1 amide bonds. The summed E-state index contributed by atoms with van der Waals surface area (Å²) in [6.07, 6.45) is 9.70. The Hall–Kier alpha value is -3.00. The van der Waals surface area contributed by atoms with Gasteiger partial charge in [-0.05, 0) is 55.5 Å². The first-order valence-corrected chi connectivity index (χ1v) is 12.2. The SMILES string of the molecule is Cc1cc(Nc2nccc(C3CCCC3)n2)cc(-c2cnc(N3CCCNC(=O)C3)s2)c1. The topological polar surface area (TPSA) is 83.0 Å². The monoisotopic (exact) mass is 448 g/mol. The summed E-state index contributed by atoms with van der Waals surface area (Å²) < 4.78 is 0. The molecule has 8 heteroatoms. The van der Waals surface area contributed by atoms with Crippen molar-refractivity contribution in [2.75, 3.05) is 29.9 Å². The van der Waals surface area contributed by atoms with Gasteiger partial charge in [0, 0.05) is 42.8 Å². The van der Waals surface area contributed by atoms with Crippen molar-refractivity contribution < 1.29 is 4.79 Å². The number of hydrogen-bond acceptors (Lipinski definition) is 7. The first-order valence-electron chi connectivity index (χ1n) is 11.3. The Labute approximate surface area is 192 Å².